The lowest BCUT2D eigenvalue weighted by molar-refractivity contribution is 0.0994. The Bertz CT molecular complexity index is 270. The number of nitrogens with zero attached hydrogens (tertiary/aromatic N) is 1. The topological polar surface area (TPSA) is 23.5 Å². The molecule has 0 saturated carbocycles. The van der Waals surface area contributed by atoms with E-state index in [0.29, 0.717) is 0 Å². The lowest BCUT2D eigenvalue weighted by atomic mass is 9.83. The van der Waals surface area contributed by atoms with Gasteiger partial charge in [-0.3, -0.25) is 0 Å². The maximum absolute atomic E-state index is 10.9. The largest absolute Gasteiger partial charge is 0.381 e. The average Bonchev–Trinajstić information content (AvgIpc) is 2.60. The lowest BCUT2D eigenvalue weighted by Crippen LogP contribution is -2.33. The predicted molar refractivity (Wildman–Crippen MR) is 104 cm³/mol. The van der Waals surface area contributed by atoms with Gasteiger partial charge in [-0.25, -0.2) is 0 Å². The first-order valence-corrected chi connectivity index (χ1v) is 9.17. The van der Waals surface area contributed by atoms with Gasteiger partial charge in [-0.2, -0.15) is 0 Å². The predicted octanol–water partition coefficient (Wildman–Crippen LogP) is 5.82. The number of allylic oxidation sites excluding steroid dienone is 2. The molecule has 22 heavy (non-hydrogen) atoms. The van der Waals surface area contributed by atoms with Gasteiger partial charge in [0.1, 0.15) is 5.60 Å². The highest BCUT2D eigenvalue weighted by Crippen LogP contribution is 2.30. The molecule has 0 rings (SSSR count). The maximum atomic E-state index is 10.9. The van der Waals surface area contributed by atoms with Gasteiger partial charge in [-0.15, -0.1) is 0 Å². The highest BCUT2D eigenvalue weighted by molar-refractivity contribution is 5.29. The molecule has 0 bridgehead atoms. The van der Waals surface area contributed by atoms with E-state index in [-0.39, 0.29) is 0 Å². The van der Waals surface area contributed by atoms with Crippen LogP contribution < -0.4 is 0 Å². The van der Waals surface area contributed by atoms with Crippen molar-refractivity contribution in [2.75, 3.05) is 19.6 Å². The normalized spacial score (nSPS) is 14.5. The minimum atomic E-state index is -0.753. The van der Waals surface area contributed by atoms with Gasteiger partial charge in [0.2, 0.25) is 0 Å². The van der Waals surface area contributed by atoms with Crippen LogP contribution in [-0.4, -0.2) is 35.2 Å². The Labute approximate surface area is 141 Å². The molecule has 0 aromatic heterocycles. The van der Waals surface area contributed by atoms with Crippen molar-refractivity contribution in [2.24, 2.45) is 0 Å². The molecule has 0 aromatic carbocycles. The van der Waals surface area contributed by atoms with E-state index in [2.05, 4.69) is 18.7 Å². The van der Waals surface area contributed by atoms with E-state index in [4.69, 9.17) is 0 Å². The molecule has 0 aliphatic carbocycles. The molecule has 0 fully saturated rings. The molecule has 0 spiro atoms. The monoisotopic (exact) mass is 313 g/mol. The molecule has 0 radical (unpaired) electrons. The maximum Gasteiger partial charge on any atom is 0.106 e. The van der Waals surface area contributed by atoms with Crippen molar-refractivity contribution >= 4 is 0 Å². The van der Waals surface area contributed by atoms with Gasteiger partial charge in [-0.05, 0) is 71.3 Å². The number of hydrogen-bond donors (Lipinski definition) is 1. The van der Waals surface area contributed by atoms with Crippen LogP contribution in [0.4, 0.5) is 0 Å². The molecule has 0 amide bonds. The molecule has 1 N–H and O–H groups in total. The number of rotatable bonds is 8. The van der Waals surface area contributed by atoms with Crippen LogP contribution in [0.2, 0.25) is 0 Å². The smallest absolute Gasteiger partial charge is 0.106 e. The Hall–Kier alpha value is -0.600. The summed E-state index contributed by atoms with van der Waals surface area (Å²) in [4.78, 5) is 2.40. The molecule has 0 heterocycles. The lowest BCUT2D eigenvalue weighted by Gasteiger charge is -2.31. The fourth-order valence-electron chi connectivity index (χ4n) is 2.28. The SMILES string of the molecule is C/C=C(\C)C(O)(CCCN(CC)CC)/C(C)=C/C.CC.CC. The van der Waals surface area contributed by atoms with Gasteiger partial charge in [0, 0.05) is 0 Å². The van der Waals surface area contributed by atoms with Crippen molar-refractivity contribution in [2.45, 2.75) is 87.7 Å². The third-order valence-corrected chi connectivity index (χ3v) is 4.08. The van der Waals surface area contributed by atoms with E-state index >= 15 is 0 Å². The van der Waals surface area contributed by atoms with Gasteiger partial charge in [0.25, 0.3) is 0 Å². The van der Waals surface area contributed by atoms with Gasteiger partial charge >= 0.3 is 0 Å². The average molecular weight is 314 g/mol. The number of aliphatic hydroxyl groups is 1. The van der Waals surface area contributed by atoms with Gasteiger partial charge in [0.15, 0.2) is 0 Å². The highest BCUT2D eigenvalue weighted by Gasteiger charge is 2.29. The second-order valence-corrected chi connectivity index (χ2v) is 4.93. The van der Waals surface area contributed by atoms with E-state index in [0.717, 1.165) is 43.6 Å². The summed E-state index contributed by atoms with van der Waals surface area (Å²) in [6.45, 7) is 23.6. The highest BCUT2D eigenvalue weighted by atomic mass is 16.3. The van der Waals surface area contributed by atoms with Gasteiger partial charge in [-0.1, -0.05) is 53.7 Å². The first-order valence-electron chi connectivity index (χ1n) is 9.17. The minimum absolute atomic E-state index is 0.753. The summed E-state index contributed by atoms with van der Waals surface area (Å²) >= 11 is 0. The zero-order valence-corrected chi connectivity index (χ0v) is 17.1. The third-order valence-electron chi connectivity index (χ3n) is 4.08. The summed E-state index contributed by atoms with van der Waals surface area (Å²) in [6.07, 6.45) is 5.86. The summed E-state index contributed by atoms with van der Waals surface area (Å²) < 4.78 is 0. The van der Waals surface area contributed by atoms with Gasteiger partial charge in [0.05, 0.1) is 0 Å². The van der Waals surface area contributed by atoms with Crippen LogP contribution in [0.1, 0.15) is 82.1 Å². The van der Waals surface area contributed by atoms with E-state index in [1.807, 2.05) is 67.5 Å². The minimum Gasteiger partial charge on any atom is -0.381 e. The summed E-state index contributed by atoms with van der Waals surface area (Å²) in [5.74, 6) is 0. The van der Waals surface area contributed by atoms with Crippen LogP contribution in [0.3, 0.4) is 0 Å². The molecule has 0 aliphatic heterocycles. The Kier molecular flexibility index (Phi) is 20.0. The second-order valence-electron chi connectivity index (χ2n) is 4.93. The fraction of sp³-hybridized carbons (Fsp3) is 0.800. The Morgan fingerprint density at radius 2 is 1.27 bits per heavy atom. The van der Waals surface area contributed by atoms with Crippen LogP contribution in [0.5, 0.6) is 0 Å². The Morgan fingerprint density at radius 1 is 0.909 bits per heavy atom. The Morgan fingerprint density at radius 3 is 1.55 bits per heavy atom. The van der Waals surface area contributed by atoms with Crippen molar-refractivity contribution in [3.8, 4) is 0 Å². The first kappa shape index (κ1) is 26.3. The van der Waals surface area contributed by atoms with Crippen LogP contribution >= 0.6 is 0 Å². The zero-order valence-electron chi connectivity index (χ0n) is 17.1. The van der Waals surface area contributed by atoms with Crippen LogP contribution in [0.15, 0.2) is 23.3 Å². The fourth-order valence-corrected chi connectivity index (χ4v) is 2.28. The second kappa shape index (κ2) is 16.8. The molecule has 2 nitrogen and oxygen atoms in total. The van der Waals surface area contributed by atoms with Gasteiger partial charge < -0.3 is 10.0 Å². The van der Waals surface area contributed by atoms with Crippen molar-refractivity contribution < 1.29 is 5.11 Å². The molecule has 134 valence electrons. The summed E-state index contributed by atoms with van der Waals surface area (Å²) in [5.41, 5.74) is 1.35. The molecular weight excluding hydrogens is 270 g/mol. The van der Waals surface area contributed by atoms with Crippen LogP contribution in [0.25, 0.3) is 0 Å². The Balaban J connectivity index is -0.000000826. The first-order chi connectivity index (χ1) is 10.5. The molecular formula is C20H43NO. The molecule has 2 heteroatoms. The molecule has 0 aromatic rings. The van der Waals surface area contributed by atoms with Crippen LogP contribution in [0, 0.1) is 0 Å². The van der Waals surface area contributed by atoms with Crippen molar-refractivity contribution in [1.29, 1.82) is 0 Å². The molecule has 0 unspecified atom stereocenters. The van der Waals surface area contributed by atoms with E-state index in [1.165, 1.54) is 0 Å². The van der Waals surface area contributed by atoms with E-state index in [1.54, 1.807) is 0 Å². The summed E-state index contributed by atoms with van der Waals surface area (Å²) in [6, 6.07) is 0. The van der Waals surface area contributed by atoms with Crippen molar-refractivity contribution in [3.63, 3.8) is 0 Å². The van der Waals surface area contributed by atoms with E-state index < -0.39 is 5.60 Å². The van der Waals surface area contributed by atoms with E-state index in [9.17, 15) is 5.11 Å². The molecule has 0 aliphatic rings. The van der Waals surface area contributed by atoms with Crippen molar-refractivity contribution in [3.05, 3.63) is 23.3 Å². The molecule has 0 saturated heterocycles. The standard InChI is InChI=1S/C16H31NO.2C2H6/c1-7-14(5)16(18,15(6)8-2)12-11-13-17(9-3)10-4;2*1-2/h7-8,18H,9-13H2,1-6H3;2*1-2H3/b14-7+,15-8+;;. The molecule has 0 atom stereocenters. The summed E-state index contributed by atoms with van der Waals surface area (Å²) in [7, 11) is 0. The van der Waals surface area contributed by atoms with Crippen molar-refractivity contribution in [1.82, 2.24) is 4.90 Å². The quantitative estimate of drug-likeness (QED) is 0.570. The third kappa shape index (κ3) is 9.42. The number of hydrogen-bond acceptors (Lipinski definition) is 2. The van der Waals surface area contributed by atoms with Crippen LogP contribution in [-0.2, 0) is 0 Å². The zero-order chi connectivity index (χ0) is 18.2. The summed E-state index contributed by atoms with van der Waals surface area (Å²) in [5, 5.41) is 10.9.